The standard InChI is InChI=1S/C56H34B2N4S3/c1-5-15-35(16-6-1)59-43-23-13-25-45-49(43)57(41-31-33-63-55(41)61(45)37-19-9-3-10-20-37)51-47(59)29-27-39-40-28-30-48-52(54(40)65-53(39)51)58-42-32-34-64-56(42)62(38-21-11-4-12-22-38)46-26-14-24-44(50(46)58)60(48)36-17-7-2-8-18-36/h1-34H/i1D,2D,3D,4D,5D,6D,7D,8D,9D,10D,11D,12D,15D,16D,17D,18D,19D,20D,21D,22D. The van der Waals surface area contributed by atoms with Crippen molar-refractivity contribution in [2.24, 2.45) is 0 Å². The van der Waals surface area contributed by atoms with Crippen molar-refractivity contribution in [1.29, 1.82) is 0 Å². The largest absolute Gasteiger partial charge is 0.311 e. The lowest BCUT2D eigenvalue weighted by molar-refractivity contribution is 1.27. The molecule has 9 heteroatoms. The van der Waals surface area contributed by atoms with E-state index in [4.69, 9.17) is 16.4 Å². The van der Waals surface area contributed by atoms with Gasteiger partial charge in [-0.25, -0.2) is 0 Å². The summed E-state index contributed by atoms with van der Waals surface area (Å²) in [7, 11) is 0. The Morgan fingerprint density at radius 2 is 0.692 bits per heavy atom. The van der Waals surface area contributed by atoms with E-state index < -0.39 is 134 Å². The van der Waals surface area contributed by atoms with Gasteiger partial charge in [0, 0.05) is 66.3 Å². The molecule has 302 valence electrons. The molecule has 0 radical (unpaired) electrons. The van der Waals surface area contributed by atoms with Crippen molar-refractivity contribution in [3.8, 4) is 0 Å². The van der Waals surface area contributed by atoms with Crippen molar-refractivity contribution in [3.63, 3.8) is 0 Å². The Kier molecular flexibility index (Phi) is 4.62. The van der Waals surface area contributed by atoms with Crippen LogP contribution in [-0.2, 0) is 0 Å². The van der Waals surface area contributed by atoms with Crippen LogP contribution >= 0.6 is 34.0 Å². The molecular weight excluding hydrogens is 846 g/mol. The van der Waals surface area contributed by atoms with Crippen LogP contribution < -0.4 is 52.4 Å². The fraction of sp³-hybridized carbons (Fsp3) is 0. The predicted molar refractivity (Wildman–Crippen MR) is 283 cm³/mol. The summed E-state index contributed by atoms with van der Waals surface area (Å²) in [6.45, 7) is -1.40. The Hall–Kier alpha value is -7.29. The third kappa shape index (κ3) is 4.87. The Morgan fingerprint density at radius 3 is 1.08 bits per heavy atom. The van der Waals surface area contributed by atoms with Gasteiger partial charge in [-0.05, 0) is 139 Å². The first-order valence-electron chi connectivity index (χ1n) is 30.5. The quantitative estimate of drug-likeness (QED) is 0.163. The fourth-order valence-electron chi connectivity index (χ4n) is 10.5. The third-order valence-electron chi connectivity index (χ3n) is 12.8. The number of rotatable bonds is 4. The molecule has 0 aliphatic carbocycles. The van der Waals surface area contributed by atoms with Crippen LogP contribution in [0, 0.1) is 0 Å². The highest BCUT2D eigenvalue weighted by molar-refractivity contribution is 7.30. The summed E-state index contributed by atoms with van der Waals surface area (Å²) in [5.74, 6) is 0. The van der Waals surface area contributed by atoms with Crippen molar-refractivity contribution in [1.82, 2.24) is 0 Å². The molecule has 0 saturated carbocycles. The number of hydrogen-bond acceptors (Lipinski definition) is 7. The van der Waals surface area contributed by atoms with E-state index in [1.54, 1.807) is 56.0 Å². The van der Waals surface area contributed by atoms with Gasteiger partial charge in [0.15, 0.2) is 0 Å². The van der Waals surface area contributed by atoms with Gasteiger partial charge in [0.1, 0.15) is 0 Å². The number of nitrogens with zero attached hydrogens (tertiary/aromatic N) is 4. The molecule has 4 nitrogen and oxygen atoms in total. The van der Waals surface area contributed by atoms with Gasteiger partial charge in [0.05, 0.1) is 37.4 Å². The number of hydrogen-bond donors (Lipinski definition) is 0. The lowest BCUT2D eigenvalue weighted by atomic mass is 9.34. The van der Waals surface area contributed by atoms with Crippen molar-refractivity contribution < 1.29 is 27.4 Å². The maximum absolute atomic E-state index is 9.47. The molecule has 0 spiro atoms. The van der Waals surface area contributed by atoms with E-state index >= 15 is 0 Å². The van der Waals surface area contributed by atoms with Gasteiger partial charge in [-0.2, -0.15) is 0 Å². The van der Waals surface area contributed by atoms with Crippen LogP contribution in [0.1, 0.15) is 27.4 Å². The first kappa shape index (κ1) is 22.1. The summed E-state index contributed by atoms with van der Waals surface area (Å²) in [5, 5.41) is 6.31. The zero-order chi connectivity index (χ0) is 59.7. The summed E-state index contributed by atoms with van der Waals surface area (Å²) < 4.78 is 181. The van der Waals surface area contributed by atoms with Crippen LogP contribution in [0.5, 0.6) is 0 Å². The van der Waals surface area contributed by atoms with E-state index in [1.165, 1.54) is 34.0 Å². The Bertz CT molecular complexity index is 4530. The minimum absolute atomic E-state index is 0.109. The second-order valence-electron chi connectivity index (χ2n) is 15.7. The molecule has 0 amide bonds. The van der Waals surface area contributed by atoms with Crippen LogP contribution in [0.25, 0.3) is 20.2 Å². The number of para-hydroxylation sites is 4. The van der Waals surface area contributed by atoms with Crippen LogP contribution in [0.2, 0.25) is 0 Å². The maximum atomic E-state index is 9.47. The summed E-state index contributed by atoms with van der Waals surface area (Å²) in [6.07, 6.45) is 0. The minimum Gasteiger partial charge on any atom is -0.311 e. The molecule has 4 aliphatic heterocycles. The van der Waals surface area contributed by atoms with Crippen molar-refractivity contribution in [2.75, 3.05) is 19.6 Å². The van der Waals surface area contributed by atoms with Gasteiger partial charge in [-0.3, -0.25) is 0 Å². The number of fused-ring (bicyclic) bond motifs is 13. The molecule has 4 aliphatic rings. The second-order valence-corrected chi connectivity index (χ2v) is 18.5. The molecule has 0 saturated heterocycles. The highest BCUT2D eigenvalue weighted by Crippen LogP contribution is 2.50. The number of thiophene rings is 3. The van der Waals surface area contributed by atoms with Gasteiger partial charge in [0.25, 0.3) is 13.4 Å². The molecule has 15 rings (SSSR count). The smallest absolute Gasteiger partial charge is 0.255 e. The molecule has 8 aromatic carbocycles. The van der Waals surface area contributed by atoms with Gasteiger partial charge in [-0.1, -0.05) is 109 Å². The Labute approximate surface area is 417 Å². The Balaban J connectivity index is 1.07. The molecule has 0 unspecified atom stereocenters. The zero-order valence-electron chi connectivity index (χ0n) is 53.3. The van der Waals surface area contributed by atoms with E-state index in [9.17, 15) is 11.0 Å². The van der Waals surface area contributed by atoms with E-state index in [0.717, 1.165) is 10.8 Å². The maximum Gasteiger partial charge on any atom is 0.255 e. The van der Waals surface area contributed by atoms with E-state index in [2.05, 4.69) is 0 Å². The molecule has 0 bridgehead atoms. The number of benzene rings is 8. The fourth-order valence-corrected chi connectivity index (χ4v) is 13.9. The lowest BCUT2D eigenvalue weighted by Gasteiger charge is -2.43. The first-order valence-corrected chi connectivity index (χ1v) is 23.1. The average Bonchev–Trinajstić information content (AvgIpc) is 1.76. The van der Waals surface area contributed by atoms with Crippen LogP contribution in [-0.4, -0.2) is 13.4 Å². The summed E-state index contributed by atoms with van der Waals surface area (Å²) in [4.78, 5) is 6.60. The van der Waals surface area contributed by atoms with Crippen LogP contribution in [0.4, 0.5) is 66.9 Å². The summed E-state index contributed by atoms with van der Waals surface area (Å²) >= 11 is 4.02. The van der Waals surface area contributed by atoms with E-state index in [1.807, 2.05) is 47.2 Å². The average molecular weight is 901 g/mol. The van der Waals surface area contributed by atoms with Gasteiger partial charge in [-0.15, -0.1) is 34.0 Å². The molecular formula is C56H34B2N4S3. The van der Waals surface area contributed by atoms with E-state index in [0.29, 0.717) is 86.3 Å². The summed E-state index contributed by atoms with van der Waals surface area (Å²) in [6, 6.07) is 11.3. The number of anilines is 12. The third-order valence-corrected chi connectivity index (χ3v) is 15.9. The predicted octanol–water partition coefficient (Wildman–Crippen LogP) is 12.3. The van der Waals surface area contributed by atoms with Gasteiger partial charge in [0.2, 0.25) is 0 Å². The highest BCUT2D eigenvalue weighted by atomic mass is 32.1. The highest BCUT2D eigenvalue weighted by Gasteiger charge is 2.47. The topological polar surface area (TPSA) is 13.0 Å². The molecule has 3 aromatic heterocycles. The lowest BCUT2D eigenvalue weighted by Crippen LogP contribution is -2.61. The van der Waals surface area contributed by atoms with Crippen LogP contribution in [0.3, 0.4) is 0 Å². The van der Waals surface area contributed by atoms with E-state index in [-0.39, 0.29) is 22.7 Å². The molecule has 11 aromatic rings. The molecule has 65 heavy (non-hydrogen) atoms. The van der Waals surface area contributed by atoms with Crippen molar-refractivity contribution in [2.45, 2.75) is 0 Å². The molecule has 0 N–H and O–H groups in total. The molecule has 7 heterocycles. The second kappa shape index (κ2) is 13.6. The minimum atomic E-state index is -0.698. The Morgan fingerprint density at radius 1 is 0.354 bits per heavy atom. The SMILES string of the molecule is [2H]c1c([2H])c([2H])c(N2c3cccc4c3B(c3ccsc3N4c3c([2H])c([2H])c([2H])c([2H])c3[2H])c3c2ccc2c3sc3c4c(ccc32)N(c2c([2H])c([2H])c([2H])c([2H])c2[2H])c2cccc3c2B4c2ccsc2N3c2c([2H])c([2H])c([2H])c([2H])c2[2H])c([2H])c1[2H]. The first-order chi connectivity index (χ1) is 40.6. The van der Waals surface area contributed by atoms with Crippen LogP contribution in [0.15, 0.2) is 204 Å². The summed E-state index contributed by atoms with van der Waals surface area (Å²) in [5.41, 5.74) is 5.89. The van der Waals surface area contributed by atoms with Gasteiger partial charge >= 0.3 is 0 Å². The molecule has 0 fully saturated rings. The normalized spacial score (nSPS) is 18.3. The monoisotopic (exact) mass is 900 g/mol. The van der Waals surface area contributed by atoms with Crippen molar-refractivity contribution >= 4 is 167 Å². The van der Waals surface area contributed by atoms with Gasteiger partial charge < -0.3 is 19.6 Å². The van der Waals surface area contributed by atoms with Crippen molar-refractivity contribution in [3.05, 3.63) is 204 Å². The zero-order valence-corrected chi connectivity index (χ0v) is 35.7. The molecule has 0 atom stereocenters.